The second-order valence-corrected chi connectivity index (χ2v) is 8.56. The SMILES string of the molecule is CC(C(=O)Nc1ccccc1S(C)(=O)=O)N1CCCc2c(N)cccc21. The van der Waals surface area contributed by atoms with Gasteiger partial charge >= 0.3 is 0 Å². The zero-order chi connectivity index (χ0) is 18.9. The molecule has 7 heteroatoms. The van der Waals surface area contributed by atoms with Crippen LogP contribution in [0, 0.1) is 0 Å². The van der Waals surface area contributed by atoms with Crippen LogP contribution in [0.5, 0.6) is 0 Å². The van der Waals surface area contributed by atoms with Crippen LogP contribution in [0.15, 0.2) is 47.4 Å². The topological polar surface area (TPSA) is 92.5 Å². The third-order valence-electron chi connectivity index (χ3n) is 4.71. The number of nitrogens with two attached hydrogens (primary N) is 1. The fraction of sp³-hybridized carbons (Fsp3) is 0.316. The van der Waals surface area contributed by atoms with Gasteiger partial charge in [0, 0.05) is 24.2 Å². The summed E-state index contributed by atoms with van der Waals surface area (Å²) in [5.74, 6) is -0.253. The Morgan fingerprint density at radius 3 is 2.65 bits per heavy atom. The highest BCUT2D eigenvalue weighted by atomic mass is 32.2. The number of nitrogens with one attached hydrogen (secondary N) is 1. The van der Waals surface area contributed by atoms with E-state index < -0.39 is 15.9 Å². The number of hydrogen-bond donors (Lipinski definition) is 2. The lowest BCUT2D eigenvalue weighted by atomic mass is 9.98. The number of anilines is 3. The maximum Gasteiger partial charge on any atom is 0.246 e. The van der Waals surface area contributed by atoms with Crippen LogP contribution in [0.3, 0.4) is 0 Å². The number of benzene rings is 2. The number of hydrogen-bond acceptors (Lipinski definition) is 5. The van der Waals surface area contributed by atoms with Crippen LogP contribution < -0.4 is 16.0 Å². The number of rotatable bonds is 4. The molecule has 1 heterocycles. The minimum absolute atomic E-state index is 0.115. The monoisotopic (exact) mass is 373 g/mol. The molecule has 1 aliphatic rings. The highest BCUT2D eigenvalue weighted by Crippen LogP contribution is 2.33. The molecule has 0 spiro atoms. The van der Waals surface area contributed by atoms with Crippen molar-refractivity contribution in [3.63, 3.8) is 0 Å². The molecule has 0 fully saturated rings. The van der Waals surface area contributed by atoms with E-state index in [0.717, 1.165) is 42.6 Å². The molecular formula is C19H23N3O3S. The average molecular weight is 373 g/mol. The van der Waals surface area contributed by atoms with E-state index in [1.165, 1.54) is 6.07 Å². The number of sulfone groups is 1. The zero-order valence-electron chi connectivity index (χ0n) is 14.9. The van der Waals surface area contributed by atoms with Crippen LogP contribution in [0.25, 0.3) is 0 Å². The number of fused-ring (bicyclic) bond motifs is 1. The van der Waals surface area contributed by atoms with Crippen LogP contribution in [0.2, 0.25) is 0 Å². The average Bonchev–Trinajstić information content (AvgIpc) is 2.60. The summed E-state index contributed by atoms with van der Waals surface area (Å²) >= 11 is 0. The number of para-hydroxylation sites is 1. The number of nitrogen functional groups attached to an aromatic ring is 1. The van der Waals surface area contributed by atoms with E-state index in [0.29, 0.717) is 5.69 Å². The molecule has 2 aromatic rings. The quantitative estimate of drug-likeness (QED) is 0.803. The molecule has 3 rings (SSSR count). The molecule has 0 aliphatic carbocycles. The van der Waals surface area contributed by atoms with Crippen molar-refractivity contribution in [2.75, 3.05) is 28.8 Å². The Hall–Kier alpha value is -2.54. The summed E-state index contributed by atoms with van der Waals surface area (Å²) < 4.78 is 23.9. The van der Waals surface area contributed by atoms with Crippen molar-refractivity contribution >= 4 is 32.8 Å². The maximum absolute atomic E-state index is 12.8. The van der Waals surface area contributed by atoms with Crippen LogP contribution in [0.1, 0.15) is 18.9 Å². The molecule has 0 radical (unpaired) electrons. The second-order valence-electron chi connectivity index (χ2n) is 6.58. The molecule has 0 saturated carbocycles. The van der Waals surface area contributed by atoms with Crippen molar-refractivity contribution in [3.8, 4) is 0 Å². The molecule has 1 amide bonds. The van der Waals surface area contributed by atoms with Gasteiger partial charge in [0.2, 0.25) is 5.91 Å². The number of carbonyl (C=O) groups excluding carboxylic acids is 1. The van der Waals surface area contributed by atoms with Gasteiger partial charge in [-0.05, 0) is 49.6 Å². The van der Waals surface area contributed by atoms with Gasteiger partial charge in [0.15, 0.2) is 9.84 Å². The lowest BCUT2D eigenvalue weighted by Gasteiger charge is -2.36. The van der Waals surface area contributed by atoms with Gasteiger partial charge in [-0.3, -0.25) is 4.79 Å². The van der Waals surface area contributed by atoms with Crippen molar-refractivity contribution in [3.05, 3.63) is 48.0 Å². The highest BCUT2D eigenvalue weighted by molar-refractivity contribution is 7.90. The van der Waals surface area contributed by atoms with Gasteiger partial charge in [0.05, 0.1) is 10.6 Å². The van der Waals surface area contributed by atoms with E-state index in [9.17, 15) is 13.2 Å². The minimum atomic E-state index is -3.43. The third kappa shape index (κ3) is 3.53. The fourth-order valence-electron chi connectivity index (χ4n) is 3.35. The van der Waals surface area contributed by atoms with Crippen LogP contribution in [-0.2, 0) is 21.1 Å². The molecule has 6 nitrogen and oxygen atoms in total. The Bertz CT molecular complexity index is 941. The molecule has 0 bridgehead atoms. The standard InChI is InChI=1S/C19H23N3O3S/c1-13(22-12-6-7-14-15(20)8-5-10-17(14)22)19(23)21-16-9-3-4-11-18(16)26(2,24)25/h3-5,8-11,13H,6-7,12,20H2,1-2H3,(H,21,23). The molecule has 0 saturated heterocycles. The predicted octanol–water partition coefficient (Wildman–Crippen LogP) is 2.45. The molecule has 1 unspecified atom stereocenters. The molecule has 26 heavy (non-hydrogen) atoms. The van der Waals surface area contributed by atoms with Crippen LogP contribution >= 0.6 is 0 Å². The minimum Gasteiger partial charge on any atom is -0.398 e. The van der Waals surface area contributed by atoms with Gasteiger partial charge in [-0.15, -0.1) is 0 Å². The van der Waals surface area contributed by atoms with Crippen molar-refractivity contribution in [2.45, 2.75) is 30.7 Å². The summed E-state index contributed by atoms with van der Waals surface area (Å²) in [5.41, 5.74) is 9.15. The molecule has 3 N–H and O–H groups in total. The smallest absolute Gasteiger partial charge is 0.246 e. The van der Waals surface area contributed by atoms with Gasteiger partial charge in [-0.1, -0.05) is 18.2 Å². The summed E-state index contributed by atoms with van der Waals surface area (Å²) in [6, 6.07) is 11.7. The largest absolute Gasteiger partial charge is 0.398 e. The second kappa shape index (κ2) is 6.99. The molecule has 1 aliphatic heterocycles. The first kappa shape index (κ1) is 18.3. The van der Waals surface area contributed by atoms with Gasteiger partial charge in [0.25, 0.3) is 0 Å². The fourth-order valence-corrected chi connectivity index (χ4v) is 4.20. The number of carbonyl (C=O) groups is 1. The third-order valence-corrected chi connectivity index (χ3v) is 5.87. The Kier molecular flexibility index (Phi) is 4.91. The summed E-state index contributed by atoms with van der Waals surface area (Å²) in [4.78, 5) is 14.9. The molecule has 2 aromatic carbocycles. The lowest BCUT2D eigenvalue weighted by molar-refractivity contribution is -0.117. The van der Waals surface area contributed by atoms with E-state index in [1.807, 2.05) is 30.0 Å². The van der Waals surface area contributed by atoms with Crippen LogP contribution in [-0.4, -0.2) is 33.2 Å². The normalized spacial score (nSPS) is 15.2. The van der Waals surface area contributed by atoms with E-state index in [4.69, 9.17) is 5.73 Å². The van der Waals surface area contributed by atoms with Gasteiger partial charge < -0.3 is 16.0 Å². The summed E-state index contributed by atoms with van der Waals surface area (Å²) in [6.45, 7) is 2.56. The van der Waals surface area contributed by atoms with E-state index in [-0.39, 0.29) is 10.8 Å². The van der Waals surface area contributed by atoms with E-state index >= 15 is 0 Å². The maximum atomic E-state index is 12.8. The summed E-state index contributed by atoms with van der Waals surface area (Å²) in [7, 11) is -3.43. The van der Waals surface area contributed by atoms with E-state index in [2.05, 4.69) is 5.32 Å². The van der Waals surface area contributed by atoms with Crippen molar-refractivity contribution in [2.24, 2.45) is 0 Å². The van der Waals surface area contributed by atoms with Gasteiger partial charge in [0.1, 0.15) is 6.04 Å². The molecule has 1 atom stereocenters. The number of nitrogens with zero attached hydrogens (tertiary/aromatic N) is 1. The molecular weight excluding hydrogens is 350 g/mol. The Morgan fingerprint density at radius 2 is 1.92 bits per heavy atom. The first-order valence-electron chi connectivity index (χ1n) is 8.53. The lowest BCUT2D eigenvalue weighted by Crippen LogP contribution is -2.45. The summed E-state index contributed by atoms with van der Waals surface area (Å²) in [5, 5.41) is 2.77. The zero-order valence-corrected chi connectivity index (χ0v) is 15.7. The Morgan fingerprint density at radius 1 is 1.19 bits per heavy atom. The van der Waals surface area contributed by atoms with Crippen molar-refractivity contribution in [1.82, 2.24) is 0 Å². The van der Waals surface area contributed by atoms with Crippen LogP contribution in [0.4, 0.5) is 17.1 Å². The van der Waals surface area contributed by atoms with Gasteiger partial charge in [-0.25, -0.2) is 8.42 Å². The number of amides is 1. The predicted molar refractivity (Wildman–Crippen MR) is 104 cm³/mol. The Labute approximate surface area is 153 Å². The summed E-state index contributed by atoms with van der Waals surface area (Å²) in [6.07, 6.45) is 2.94. The first-order valence-corrected chi connectivity index (χ1v) is 10.4. The molecule has 138 valence electrons. The first-order chi connectivity index (χ1) is 12.3. The van der Waals surface area contributed by atoms with Crippen molar-refractivity contribution in [1.29, 1.82) is 0 Å². The van der Waals surface area contributed by atoms with E-state index in [1.54, 1.807) is 18.2 Å². The molecule has 0 aromatic heterocycles. The van der Waals surface area contributed by atoms with Gasteiger partial charge in [-0.2, -0.15) is 0 Å². The van der Waals surface area contributed by atoms with Crippen molar-refractivity contribution < 1.29 is 13.2 Å². The Balaban J connectivity index is 1.86. The highest BCUT2D eigenvalue weighted by Gasteiger charge is 2.27.